The van der Waals surface area contributed by atoms with Gasteiger partial charge in [-0.3, -0.25) is 0 Å². The first-order chi connectivity index (χ1) is 18.7. The molecule has 0 fully saturated rings. The number of benzene rings is 4. The van der Waals surface area contributed by atoms with Gasteiger partial charge in [-0.15, -0.1) is 0 Å². The zero-order valence-corrected chi connectivity index (χ0v) is 22.4. The quantitative estimate of drug-likeness (QED) is 0.127. The fraction of sp³-hybridized carbons (Fsp3) is 0.294. The van der Waals surface area contributed by atoms with Crippen LogP contribution in [-0.4, -0.2) is 6.54 Å². The fourth-order valence-electron chi connectivity index (χ4n) is 4.52. The standard InChI is InChI=1S/C34H40N2O2/c1-2-3-6-15-33(30-18-21-34(32(35)24-30)38-26-29-13-9-5-10-14-29)36-23-22-27-16-19-31(20-17-27)37-25-28-11-7-4-8-12-28/h4-5,7-14,16-21,24,33,36H,2-3,6,15,22-23,25-26,35H2,1H3. The maximum Gasteiger partial charge on any atom is 0.142 e. The van der Waals surface area contributed by atoms with E-state index in [1.165, 1.54) is 36.0 Å². The number of nitrogens with two attached hydrogens (primary N) is 1. The lowest BCUT2D eigenvalue weighted by molar-refractivity contribution is 0.306. The summed E-state index contributed by atoms with van der Waals surface area (Å²) in [7, 11) is 0. The lowest BCUT2D eigenvalue weighted by Crippen LogP contribution is -2.24. The highest BCUT2D eigenvalue weighted by Crippen LogP contribution is 2.29. The highest BCUT2D eigenvalue weighted by molar-refractivity contribution is 5.55. The molecule has 0 aromatic heterocycles. The second-order valence-electron chi connectivity index (χ2n) is 9.74. The molecule has 0 radical (unpaired) electrons. The number of hydrogen-bond acceptors (Lipinski definition) is 4. The van der Waals surface area contributed by atoms with Gasteiger partial charge in [-0.1, -0.05) is 105 Å². The Kier molecular flexibility index (Phi) is 10.7. The molecule has 0 aliphatic carbocycles. The SMILES string of the molecule is CCCCCC(NCCc1ccc(OCc2ccccc2)cc1)c1ccc(OCc2ccccc2)c(N)c1. The fourth-order valence-corrected chi connectivity index (χ4v) is 4.52. The van der Waals surface area contributed by atoms with Crippen LogP contribution in [0.4, 0.5) is 5.69 Å². The molecule has 0 aliphatic rings. The van der Waals surface area contributed by atoms with E-state index in [1.54, 1.807) is 0 Å². The summed E-state index contributed by atoms with van der Waals surface area (Å²) in [6.45, 7) is 4.23. The van der Waals surface area contributed by atoms with E-state index in [0.717, 1.165) is 36.4 Å². The van der Waals surface area contributed by atoms with E-state index in [2.05, 4.69) is 72.9 Å². The van der Waals surface area contributed by atoms with Gasteiger partial charge in [-0.2, -0.15) is 0 Å². The number of nitrogens with one attached hydrogen (secondary N) is 1. The lowest BCUT2D eigenvalue weighted by Gasteiger charge is -2.21. The molecule has 4 nitrogen and oxygen atoms in total. The van der Waals surface area contributed by atoms with Crippen molar-refractivity contribution in [1.82, 2.24) is 5.32 Å². The molecule has 0 heterocycles. The topological polar surface area (TPSA) is 56.5 Å². The van der Waals surface area contributed by atoms with E-state index in [4.69, 9.17) is 15.2 Å². The third-order valence-electron chi connectivity index (χ3n) is 6.75. The second-order valence-corrected chi connectivity index (χ2v) is 9.74. The Bertz CT molecular complexity index is 1210. The minimum atomic E-state index is 0.264. The number of hydrogen-bond donors (Lipinski definition) is 2. The molecule has 38 heavy (non-hydrogen) atoms. The normalized spacial score (nSPS) is 11.7. The largest absolute Gasteiger partial charge is 0.489 e. The molecule has 0 aliphatic heterocycles. The van der Waals surface area contributed by atoms with Crippen LogP contribution in [0.15, 0.2) is 103 Å². The van der Waals surface area contributed by atoms with Gasteiger partial charge in [0.2, 0.25) is 0 Å². The van der Waals surface area contributed by atoms with Crippen molar-refractivity contribution in [3.8, 4) is 11.5 Å². The van der Waals surface area contributed by atoms with Crippen molar-refractivity contribution >= 4 is 5.69 Å². The third-order valence-corrected chi connectivity index (χ3v) is 6.75. The summed E-state index contributed by atoms with van der Waals surface area (Å²) in [5, 5.41) is 3.78. The molecular formula is C34H40N2O2. The predicted octanol–water partition coefficient (Wildman–Crippen LogP) is 7.88. The van der Waals surface area contributed by atoms with Crippen molar-refractivity contribution in [2.75, 3.05) is 12.3 Å². The Hall–Kier alpha value is -3.76. The van der Waals surface area contributed by atoms with Crippen LogP contribution in [-0.2, 0) is 19.6 Å². The minimum absolute atomic E-state index is 0.264. The van der Waals surface area contributed by atoms with Crippen LogP contribution >= 0.6 is 0 Å². The molecule has 0 spiro atoms. The monoisotopic (exact) mass is 508 g/mol. The molecule has 1 unspecified atom stereocenters. The molecule has 4 aromatic rings. The van der Waals surface area contributed by atoms with Crippen molar-refractivity contribution in [2.24, 2.45) is 0 Å². The summed E-state index contributed by atoms with van der Waals surface area (Å²) in [5.41, 5.74) is 11.9. The Balaban J connectivity index is 1.30. The Morgan fingerprint density at radius 1 is 0.711 bits per heavy atom. The highest BCUT2D eigenvalue weighted by Gasteiger charge is 2.13. The summed E-state index contributed by atoms with van der Waals surface area (Å²) in [5.74, 6) is 1.63. The average Bonchev–Trinajstić information content (AvgIpc) is 2.96. The molecule has 4 aromatic carbocycles. The summed E-state index contributed by atoms with van der Waals surface area (Å²) >= 11 is 0. The first-order valence-corrected chi connectivity index (χ1v) is 13.8. The predicted molar refractivity (Wildman–Crippen MR) is 157 cm³/mol. The van der Waals surface area contributed by atoms with Crippen molar-refractivity contribution < 1.29 is 9.47 Å². The zero-order valence-electron chi connectivity index (χ0n) is 22.4. The number of anilines is 1. The van der Waals surface area contributed by atoms with Gasteiger partial charge in [0.25, 0.3) is 0 Å². The molecule has 0 saturated heterocycles. The van der Waals surface area contributed by atoms with Gasteiger partial charge < -0.3 is 20.5 Å². The molecule has 0 bridgehead atoms. The van der Waals surface area contributed by atoms with Crippen molar-refractivity contribution in [1.29, 1.82) is 0 Å². The molecule has 4 heteroatoms. The molecule has 4 rings (SSSR count). The first-order valence-electron chi connectivity index (χ1n) is 13.8. The smallest absolute Gasteiger partial charge is 0.142 e. The van der Waals surface area contributed by atoms with Crippen LogP contribution in [0.1, 0.15) is 60.9 Å². The molecule has 0 amide bonds. The zero-order chi connectivity index (χ0) is 26.4. The van der Waals surface area contributed by atoms with Crippen LogP contribution in [0.3, 0.4) is 0 Å². The van der Waals surface area contributed by atoms with E-state index in [9.17, 15) is 0 Å². The van der Waals surface area contributed by atoms with Crippen molar-refractivity contribution in [3.05, 3.63) is 125 Å². The maximum atomic E-state index is 6.41. The van der Waals surface area contributed by atoms with Crippen LogP contribution in [0, 0.1) is 0 Å². The molecule has 198 valence electrons. The summed E-state index contributed by atoms with van der Waals surface area (Å²) in [4.78, 5) is 0. The number of unbranched alkanes of at least 4 members (excludes halogenated alkanes) is 2. The van der Waals surface area contributed by atoms with E-state index < -0.39 is 0 Å². The molecular weight excluding hydrogens is 468 g/mol. The Morgan fingerprint density at radius 2 is 1.37 bits per heavy atom. The average molecular weight is 509 g/mol. The van der Waals surface area contributed by atoms with Gasteiger partial charge in [0.15, 0.2) is 0 Å². The number of nitrogen functional groups attached to an aromatic ring is 1. The van der Waals surface area contributed by atoms with Crippen LogP contribution in [0.2, 0.25) is 0 Å². The van der Waals surface area contributed by atoms with Crippen molar-refractivity contribution in [3.63, 3.8) is 0 Å². The second kappa shape index (κ2) is 14.8. The summed E-state index contributed by atoms with van der Waals surface area (Å²) < 4.78 is 11.9. The van der Waals surface area contributed by atoms with Gasteiger partial charge in [0, 0.05) is 6.04 Å². The Morgan fingerprint density at radius 3 is 2.00 bits per heavy atom. The summed E-state index contributed by atoms with van der Waals surface area (Å²) in [6, 6.07) is 35.4. The van der Waals surface area contributed by atoms with Crippen LogP contribution in [0.5, 0.6) is 11.5 Å². The number of ether oxygens (including phenoxy) is 2. The van der Waals surface area contributed by atoms with E-state index in [-0.39, 0.29) is 6.04 Å². The van der Waals surface area contributed by atoms with E-state index in [1.807, 2.05) is 42.5 Å². The summed E-state index contributed by atoms with van der Waals surface area (Å²) in [6.07, 6.45) is 5.67. The minimum Gasteiger partial charge on any atom is -0.489 e. The van der Waals surface area contributed by atoms with E-state index in [0.29, 0.717) is 18.9 Å². The van der Waals surface area contributed by atoms with Gasteiger partial charge in [-0.05, 0) is 65.9 Å². The third kappa shape index (κ3) is 8.67. The van der Waals surface area contributed by atoms with Gasteiger partial charge in [0.05, 0.1) is 5.69 Å². The van der Waals surface area contributed by atoms with Gasteiger partial charge in [-0.25, -0.2) is 0 Å². The highest BCUT2D eigenvalue weighted by atomic mass is 16.5. The van der Waals surface area contributed by atoms with Crippen molar-refractivity contribution in [2.45, 2.75) is 58.3 Å². The number of rotatable bonds is 15. The van der Waals surface area contributed by atoms with Crippen LogP contribution in [0.25, 0.3) is 0 Å². The lowest BCUT2D eigenvalue weighted by atomic mass is 9.99. The van der Waals surface area contributed by atoms with E-state index >= 15 is 0 Å². The first kappa shape index (κ1) is 27.3. The van der Waals surface area contributed by atoms with Gasteiger partial charge >= 0.3 is 0 Å². The Labute approximate surface area is 227 Å². The van der Waals surface area contributed by atoms with Gasteiger partial charge in [0.1, 0.15) is 24.7 Å². The maximum absolute atomic E-state index is 6.41. The van der Waals surface area contributed by atoms with Crippen LogP contribution < -0.4 is 20.5 Å². The molecule has 1 atom stereocenters. The molecule has 0 saturated carbocycles. The molecule has 3 N–H and O–H groups in total.